The maximum atomic E-state index is 13.6. The Labute approximate surface area is 187 Å². The van der Waals surface area contributed by atoms with Gasteiger partial charge in [-0.05, 0) is 66.6 Å². The highest BCUT2D eigenvalue weighted by atomic mass is 32.1. The van der Waals surface area contributed by atoms with Crippen LogP contribution in [0.25, 0.3) is 15.9 Å². The number of halogens is 1. The minimum Gasteiger partial charge on any atom is -0.324 e. The van der Waals surface area contributed by atoms with E-state index in [-0.39, 0.29) is 18.1 Å². The lowest BCUT2D eigenvalue weighted by molar-refractivity contribution is -0.116. The van der Waals surface area contributed by atoms with E-state index < -0.39 is 17.1 Å². The minimum absolute atomic E-state index is 0.260. The second-order valence-corrected chi connectivity index (χ2v) is 8.50. The van der Waals surface area contributed by atoms with Gasteiger partial charge in [-0.2, -0.15) is 0 Å². The summed E-state index contributed by atoms with van der Waals surface area (Å²) in [6, 6.07) is 11.3. The number of benzene rings is 2. The molecule has 0 bridgehead atoms. The number of carbonyl (C=O) groups is 1. The van der Waals surface area contributed by atoms with Gasteiger partial charge in [0.15, 0.2) is 0 Å². The molecule has 2 aromatic carbocycles. The molecular weight excluding hydrogens is 429 g/mol. The fraction of sp³-hybridized carbons (Fsp3) is 0.208. The first-order valence-electron chi connectivity index (χ1n) is 10.2. The van der Waals surface area contributed by atoms with Crippen molar-refractivity contribution in [2.75, 3.05) is 5.32 Å². The van der Waals surface area contributed by atoms with Gasteiger partial charge in [0, 0.05) is 5.69 Å². The molecule has 0 unspecified atom stereocenters. The van der Waals surface area contributed by atoms with Gasteiger partial charge < -0.3 is 5.32 Å². The van der Waals surface area contributed by atoms with Crippen LogP contribution < -0.4 is 16.6 Å². The van der Waals surface area contributed by atoms with Crippen molar-refractivity contribution in [3.63, 3.8) is 0 Å². The van der Waals surface area contributed by atoms with Crippen molar-refractivity contribution in [3.8, 4) is 5.69 Å². The van der Waals surface area contributed by atoms with Crippen molar-refractivity contribution in [2.24, 2.45) is 0 Å². The van der Waals surface area contributed by atoms with Crippen molar-refractivity contribution in [1.29, 1.82) is 0 Å². The largest absolute Gasteiger partial charge is 0.336 e. The van der Waals surface area contributed by atoms with Crippen molar-refractivity contribution < 1.29 is 9.18 Å². The molecule has 0 saturated carbocycles. The van der Waals surface area contributed by atoms with Gasteiger partial charge in [0.25, 0.3) is 5.56 Å². The molecule has 0 aliphatic heterocycles. The number of aryl methyl sites for hydroxylation is 3. The van der Waals surface area contributed by atoms with Crippen molar-refractivity contribution >= 4 is 33.1 Å². The number of rotatable bonds is 5. The third-order valence-electron chi connectivity index (χ3n) is 5.46. The molecule has 4 rings (SSSR count). The highest BCUT2D eigenvalue weighted by Gasteiger charge is 2.19. The Hall–Kier alpha value is -3.52. The predicted molar refractivity (Wildman–Crippen MR) is 126 cm³/mol. The van der Waals surface area contributed by atoms with Crippen molar-refractivity contribution in [1.82, 2.24) is 9.13 Å². The molecule has 164 valence electrons. The molecule has 0 spiro atoms. The van der Waals surface area contributed by atoms with Gasteiger partial charge in [0.1, 0.15) is 17.1 Å². The van der Waals surface area contributed by atoms with E-state index in [1.54, 1.807) is 18.4 Å². The van der Waals surface area contributed by atoms with Crippen LogP contribution in [0.2, 0.25) is 0 Å². The van der Waals surface area contributed by atoms with Gasteiger partial charge in [-0.15, -0.1) is 11.3 Å². The van der Waals surface area contributed by atoms with Crippen LogP contribution in [0.15, 0.2) is 57.4 Å². The summed E-state index contributed by atoms with van der Waals surface area (Å²) in [5, 5.41) is 4.63. The van der Waals surface area contributed by atoms with E-state index in [4.69, 9.17) is 0 Å². The topological polar surface area (TPSA) is 73.1 Å². The average Bonchev–Trinajstić information content (AvgIpc) is 3.24. The molecule has 0 fully saturated rings. The Morgan fingerprint density at radius 1 is 1.09 bits per heavy atom. The molecule has 0 saturated heterocycles. The Balaban J connectivity index is 1.82. The summed E-state index contributed by atoms with van der Waals surface area (Å²) >= 11 is 1.20. The lowest BCUT2D eigenvalue weighted by Crippen LogP contribution is -2.40. The number of nitrogens with zero attached hydrogens (tertiary/aromatic N) is 2. The molecular formula is C24H22FN3O3S. The zero-order chi connectivity index (χ0) is 23.0. The summed E-state index contributed by atoms with van der Waals surface area (Å²) in [6.45, 7) is 5.29. The Morgan fingerprint density at radius 2 is 1.88 bits per heavy atom. The fourth-order valence-electron chi connectivity index (χ4n) is 3.85. The summed E-state index contributed by atoms with van der Waals surface area (Å²) in [5.41, 5.74) is 2.66. The van der Waals surface area contributed by atoms with Crippen LogP contribution in [0, 0.1) is 19.7 Å². The molecule has 6 nitrogen and oxygen atoms in total. The standard InChI is InChI=1S/C24H22FN3O3S/c1-4-16-7-5-6-14(2)21(16)26-20(29)13-27-19-10-11-32-22(19)23(30)28(24(27)31)18-9-8-17(25)12-15(18)3/h5-12H,4,13H2,1-3H3,(H,26,29). The average molecular weight is 452 g/mol. The first-order chi connectivity index (χ1) is 15.3. The first-order valence-corrected chi connectivity index (χ1v) is 11.1. The van der Waals surface area contributed by atoms with Gasteiger partial charge in [-0.1, -0.05) is 25.1 Å². The van der Waals surface area contributed by atoms with E-state index in [2.05, 4.69) is 5.32 Å². The van der Waals surface area contributed by atoms with Gasteiger partial charge >= 0.3 is 5.69 Å². The third-order valence-corrected chi connectivity index (χ3v) is 6.35. The number of hydrogen-bond donors (Lipinski definition) is 1. The number of nitrogens with one attached hydrogen (secondary N) is 1. The van der Waals surface area contributed by atoms with Crippen LogP contribution in [0.1, 0.15) is 23.6 Å². The smallest absolute Gasteiger partial charge is 0.324 e. The molecule has 32 heavy (non-hydrogen) atoms. The number of para-hydroxylation sites is 1. The van der Waals surface area contributed by atoms with Crippen LogP contribution >= 0.6 is 11.3 Å². The molecule has 1 amide bonds. The Bertz CT molecular complexity index is 1470. The van der Waals surface area contributed by atoms with E-state index in [1.807, 2.05) is 32.0 Å². The molecule has 0 atom stereocenters. The van der Waals surface area contributed by atoms with Gasteiger partial charge in [-0.25, -0.2) is 13.8 Å². The van der Waals surface area contributed by atoms with E-state index in [0.717, 1.165) is 27.8 Å². The molecule has 8 heteroatoms. The van der Waals surface area contributed by atoms with E-state index in [0.29, 0.717) is 15.8 Å². The molecule has 4 aromatic rings. The normalized spacial score (nSPS) is 11.1. The van der Waals surface area contributed by atoms with Crippen molar-refractivity contribution in [3.05, 3.63) is 91.2 Å². The maximum absolute atomic E-state index is 13.6. The van der Waals surface area contributed by atoms with E-state index >= 15 is 0 Å². The number of fused-ring (bicyclic) bond motifs is 1. The van der Waals surface area contributed by atoms with Crippen LogP contribution in [0.5, 0.6) is 0 Å². The predicted octanol–water partition coefficient (Wildman–Crippen LogP) is 4.17. The molecule has 1 N–H and O–H groups in total. The summed E-state index contributed by atoms with van der Waals surface area (Å²) in [5.74, 6) is -0.828. The highest BCUT2D eigenvalue weighted by molar-refractivity contribution is 7.17. The summed E-state index contributed by atoms with van der Waals surface area (Å²) in [6.07, 6.45) is 0.751. The quantitative estimate of drug-likeness (QED) is 0.495. The number of thiophene rings is 1. The number of anilines is 1. The zero-order valence-electron chi connectivity index (χ0n) is 17.9. The van der Waals surface area contributed by atoms with Gasteiger partial charge in [0.2, 0.25) is 5.91 Å². The lowest BCUT2D eigenvalue weighted by atomic mass is 10.1. The van der Waals surface area contributed by atoms with E-state index in [1.165, 1.54) is 34.1 Å². The molecule has 0 aliphatic carbocycles. The minimum atomic E-state index is -0.647. The molecule has 2 aromatic heterocycles. The third kappa shape index (κ3) is 3.78. The van der Waals surface area contributed by atoms with Crippen LogP contribution in [-0.2, 0) is 17.8 Å². The number of hydrogen-bond acceptors (Lipinski definition) is 4. The highest BCUT2D eigenvalue weighted by Crippen LogP contribution is 2.22. The van der Waals surface area contributed by atoms with Crippen LogP contribution in [0.4, 0.5) is 10.1 Å². The number of aromatic nitrogens is 2. The zero-order valence-corrected chi connectivity index (χ0v) is 18.8. The summed E-state index contributed by atoms with van der Waals surface area (Å²) < 4.78 is 16.2. The molecule has 0 radical (unpaired) electrons. The number of carbonyl (C=O) groups excluding carboxylic acids is 1. The van der Waals surface area contributed by atoms with Crippen LogP contribution in [0.3, 0.4) is 0 Å². The van der Waals surface area contributed by atoms with E-state index in [9.17, 15) is 18.8 Å². The molecule has 2 heterocycles. The maximum Gasteiger partial charge on any atom is 0.336 e. The number of amides is 1. The fourth-order valence-corrected chi connectivity index (χ4v) is 4.67. The lowest BCUT2D eigenvalue weighted by Gasteiger charge is -2.16. The first kappa shape index (κ1) is 21.7. The van der Waals surface area contributed by atoms with Crippen LogP contribution in [-0.4, -0.2) is 15.0 Å². The second kappa shape index (κ2) is 8.55. The Kier molecular flexibility index (Phi) is 5.80. The molecule has 0 aliphatic rings. The summed E-state index contributed by atoms with van der Waals surface area (Å²) in [7, 11) is 0. The van der Waals surface area contributed by atoms with Crippen molar-refractivity contribution in [2.45, 2.75) is 33.7 Å². The summed E-state index contributed by atoms with van der Waals surface area (Å²) in [4.78, 5) is 39.4. The second-order valence-electron chi connectivity index (χ2n) is 7.59. The SMILES string of the molecule is CCc1cccc(C)c1NC(=O)Cn1c(=O)n(-c2ccc(F)cc2C)c(=O)c2sccc21. The monoisotopic (exact) mass is 451 g/mol. The Morgan fingerprint density at radius 3 is 2.59 bits per heavy atom. The van der Waals surface area contributed by atoms with Gasteiger partial charge in [0.05, 0.1) is 11.2 Å². The van der Waals surface area contributed by atoms with Gasteiger partial charge in [-0.3, -0.25) is 14.2 Å².